The van der Waals surface area contributed by atoms with Crippen molar-refractivity contribution < 1.29 is 0 Å². The average molecular weight is 256 g/mol. The number of anilines is 1. The van der Waals surface area contributed by atoms with Crippen LogP contribution in [0.3, 0.4) is 0 Å². The molecule has 0 unspecified atom stereocenters. The molecule has 98 valence electrons. The Labute approximate surface area is 110 Å². The van der Waals surface area contributed by atoms with Gasteiger partial charge in [0.25, 0.3) is 0 Å². The summed E-state index contributed by atoms with van der Waals surface area (Å²) in [6.07, 6.45) is 7.12. The third-order valence-corrected chi connectivity index (χ3v) is 3.13. The fraction of sp³-hybridized carbons (Fsp3) is 0.308. The molecule has 3 heterocycles. The second-order valence-electron chi connectivity index (χ2n) is 4.39. The maximum Gasteiger partial charge on any atom is 0.199 e. The summed E-state index contributed by atoms with van der Waals surface area (Å²) in [6, 6.07) is 2.10. The largest absolute Gasteiger partial charge is 0.382 e. The maximum absolute atomic E-state index is 5.85. The minimum Gasteiger partial charge on any atom is -0.382 e. The molecule has 0 spiro atoms. The third kappa shape index (κ3) is 1.85. The molecule has 0 radical (unpaired) electrons. The molecule has 0 bridgehead atoms. The molecule has 0 aliphatic heterocycles. The van der Waals surface area contributed by atoms with Gasteiger partial charge in [-0.05, 0) is 18.9 Å². The summed E-state index contributed by atoms with van der Waals surface area (Å²) in [5.74, 6) is 1.14. The van der Waals surface area contributed by atoms with Gasteiger partial charge in [0.05, 0.1) is 11.9 Å². The number of hydrogen-bond acceptors (Lipinski definition) is 4. The van der Waals surface area contributed by atoms with Crippen molar-refractivity contribution in [3.8, 4) is 5.82 Å². The fourth-order valence-electron chi connectivity index (χ4n) is 2.16. The Morgan fingerprint density at radius 3 is 2.84 bits per heavy atom. The summed E-state index contributed by atoms with van der Waals surface area (Å²) in [5.41, 5.74) is 8.77. The number of rotatable bonds is 3. The van der Waals surface area contributed by atoms with Gasteiger partial charge in [0.2, 0.25) is 0 Å². The quantitative estimate of drug-likeness (QED) is 0.772. The number of aromatic nitrogens is 5. The van der Waals surface area contributed by atoms with E-state index >= 15 is 0 Å². The summed E-state index contributed by atoms with van der Waals surface area (Å²) in [6.45, 7) is 4.19. The Hall–Kier alpha value is -2.37. The standard InChI is InChI=1S/C13H16N6/c1-3-9-7-10(4-2)19(17-9)13-12-15-5-6-18(12)8-11(14)16-13/h5-8H,3-4,14H2,1-2H3. The van der Waals surface area contributed by atoms with E-state index in [9.17, 15) is 0 Å². The second kappa shape index (κ2) is 4.38. The highest BCUT2D eigenvalue weighted by Crippen LogP contribution is 2.17. The molecule has 3 rings (SSSR count). The zero-order valence-corrected chi connectivity index (χ0v) is 11.0. The van der Waals surface area contributed by atoms with E-state index in [0.717, 1.165) is 29.9 Å². The SMILES string of the molecule is CCc1cc(CC)n(-c2nc(N)cn3ccnc23)n1. The number of hydrogen-bond donors (Lipinski definition) is 1. The Morgan fingerprint density at radius 2 is 2.11 bits per heavy atom. The van der Waals surface area contributed by atoms with Crippen LogP contribution >= 0.6 is 0 Å². The van der Waals surface area contributed by atoms with Gasteiger partial charge >= 0.3 is 0 Å². The van der Waals surface area contributed by atoms with Gasteiger partial charge in [0.15, 0.2) is 11.5 Å². The lowest BCUT2D eigenvalue weighted by Crippen LogP contribution is -2.08. The van der Waals surface area contributed by atoms with E-state index in [1.54, 1.807) is 12.4 Å². The van der Waals surface area contributed by atoms with Crippen molar-refractivity contribution >= 4 is 11.5 Å². The molecule has 0 saturated heterocycles. The molecule has 3 aromatic heterocycles. The van der Waals surface area contributed by atoms with E-state index < -0.39 is 0 Å². The molecular weight excluding hydrogens is 240 g/mol. The molecule has 0 aromatic carbocycles. The van der Waals surface area contributed by atoms with Crippen LogP contribution in [0, 0.1) is 0 Å². The first kappa shape index (κ1) is 11.7. The Balaban J connectivity index is 2.28. The number of imidazole rings is 1. The number of nitrogens with zero attached hydrogens (tertiary/aromatic N) is 5. The highest BCUT2D eigenvalue weighted by molar-refractivity contribution is 5.57. The zero-order chi connectivity index (χ0) is 13.4. The van der Waals surface area contributed by atoms with Crippen LogP contribution in [0.4, 0.5) is 5.82 Å². The molecule has 0 atom stereocenters. The molecule has 6 heteroatoms. The van der Waals surface area contributed by atoms with Crippen molar-refractivity contribution in [2.45, 2.75) is 26.7 Å². The van der Waals surface area contributed by atoms with Crippen LogP contribution in [0.5, 0.6) is 0 Å². The topological polar surface area (TPSA) is 74.0 Å². The zero-order valence-electron chi connectivity index (χ0n) is 11.0. The molecule has 6 nitrogen and oxygen atoms in total. The van der Waals surface area contributed by atoms with E-state index in [-0.39, 0.29) is 0 Å². The monoisotopic (exact) mass is 256 g/mol. The van der Waals surface area contributed by atoms with Crippen LogP contribution in [0.1, 0.15) is 25.2 Å². The third-order valence-electron chi connectivity index (χ3n) is 3.13. The highest BCUT2D eigenvalue weighted by Gasteiger charge is 2.13. The van der Waals surface area contributed by atoms with Gasteiger partial charge in [-0.3, -0.25) is 0 Å². The van der Waals surface area contributed by atoms with Crippen LogP contribution in [0.25, 0.3) is 11.5 Å². The van der Waals surface area contributed by atoms with Gasteiger partial charge in [-0.1, -0.05) is 13.8 Å². The lowest BCUT2D eigenvalue weighted by Gasteiger charge is -2.07. The Morgan fingerprint density at radius 1 is 1.26 bits per heavy atom. The van der Waals surface area contributed by atoms with Gasteiger partial charge < -0.3 is 10.1 Å². The van der Waals surface area contributed by atoms with E-state index in [4.69, 9.17) is 5.73 Å². The molecular formula is C13H16N6. The Bertz CT molecular complexity index is 724. The van der Waals surface area contributed by atoms with Gasteiger partial charge in [0, 0.05) is 18.1 Å². The molecule has 0 amide bonds. The first-order chi connectivity index (χ1) is 9.22. The predicted molar refractivity (Wildman–Crippen MR) is 73.3 cm³/mol. The molecule has 0 aliphatic rings. The summed E-state index contributed by atoms with van der Waals surface area (Å²) in [4.78, 5) is 8.73. The second-order valence-corrected chi connectivity index (χ2v) is 4.39. The lowest BCUT2D eigenvalue weighted by molar-refractivity contribution is 0.772. The molecule has 2 N–H and O–H groups in total. The minimum atomic E-state index is 0.455. The number of nitrogen functional groups attached to an aromatic ring is 1. The van der Waals surface area contributed by atoms with Crippen molar-refractivity contribution in [1.29, 1.82) is 0 Å². The maximum atomic E-state index is 5.85. The molecule has 0 aliphatic carbocycles. The molecule has 0 saturated carbocycles. The van der Waals surface area contributed by atoms with Crippen LogP contribution in [0.2, 0.25) is 0 Å². The normalized spacial score (nSPS) is 11.3. The fourth-order valence-corrected chi connectivity index (χ4v) is 2.16. The van der Waals surface area contributed by atoms with Crippen molar-refractivity contribution in [3.63, 3.8) is 0 Å². The first-order valence-corrected chi connectivity index (χ1v) is 6.40. The first-order valence-electron chi connectivity index (χ1n) is 6.40. The minimum absolute atomic E-state index is 0.455. The molecule has 0 fully saturated rings. The van der Waals surface area contributed by atoms with E-state index in [2.05, 4.69) is 35.0 Å². The smallest absolute Gasteiger partial charge is 0.199 e. The number of nitrogens with two attached hydrogens (primary N) is 1. The van der Waals surface area contributed by atoms with Gasteiger partial charge in [-0.2, -0.15) is 5.10 Å². The number of aryl methyl sites for hydroxylation is 2. The van der Waals surface area contributed by atoms with E-state index in [0.29, 0.717) is 11.6 Å². The van der Waals surface area contributed by atoms with Crippen LogP contribution < -0.4 is 5.73 Å². The van der Waals surface area contributed by atoms with Gasteiger partial charge in [-0.15, -0.1) is 0 Å². The van der Waals surface area contributed by atoms with Crippen molar-refractivity contribution in [3.05, 3.63) is 36.0 Å². The van der Waals surface area contributed by atoms with Gasteiger partial charge in [-0.25, -0.2) is 14.6 Å². The molecule has 19 heavy (non-hydrogen) atoms. The van der Waals surface area contributed by atoms with Crippen molar-refractivity contribution in [2.75, 3.05) is 5.73 Å². The van der Waals surface area contributed by atoms with Crippen molar-refractivity contribution in [2.24, 2.45) is 0 Å². The summed E-state index contributed by atoms with van der Waals surface area (Å²) >= 11 is 0. The summed E-state index contributed by atoms with van der Waals surface area (Å²) < 4.78 is 3.71. The summed E-state index contributed by atoms with van der Waals surface area (Å²) in [7, 11) is 0. The van der Waals surface area contributed by atoms with Crippen LogP contribution in [0.15, 0.2) is 24.7 Å². The van der Waals surface area contributed by atoms with Crippen molar-refractivity contribution in [1.82, 2.24) is 24.1 Å². The van der Waals surface area contributed by atoms with E-state index in [1.165, 1.54) is 0 Å². The lowest BCUT2D eigenvalue weighted by atomic mass is 10.2. The number of fused-ring (bicyclic) bond motifs is 1. The highest BCUT2D eigenvalue weighted by atomic mass is 15.3. The summed E-state index contributed by atoms with van der Waals surface area (Å²) in [5, 5.41) is 4.59. The predicted octanol–water partition coefficient (Wildman–Crippen LogP) is 1.62. The Kier molecular flexibility index (Phi) is 2.70. The van der Waals surface area contributed by atoms with E-state index in [1.807, 2.05) is 15.3 Å². The molecule has 3 aromatic rings. The average Bonchev–Trinajstić information content (AvgIpc) is 3.03. The van der Waals surface area contributed by atoms with Gasteiger partial charge in [0.1, 0.15) is 5.82 Å². The van der Waals surface area contributed by atoms with Crippen LogP contribution in [-0.4, -0.2) is 24.1 Å². The van der Waals surface area contributed by atoms with Crippen LogP contribution in [-0.2, 0) is 12.8 Å².